The van der Waals surface area contributed by atoms with Crippen molar-refractivity contribution in [2.75, 3.05) is 6.54 Å². The largest absolute Gasteiger partial charge is 0.393 e. The Morgan fingerprint density at radius 2 is 2.11 bits per heavy atom. The van der Waals surface area contributed by atoms with E-state index in [1.54, 1.807) is 0 Å². The molecule has 3 unspecified atom stereocenters. The van der Waals surface area contributed by atoms with E-state index < -0.39 is 0 Å². The lowest BCUT2D eigenvalue weighted by atomic mass is 9.79. The topological polar surface area (TPSA) is 40.5 Å². The van der Waals surface area contributed by atoms with Gasteiger partial charge in [0.05, 0.1) is 6.10 Å². The van der Waals surface area contributed by atoms with Crippen LogP contribution in [0, 0.1) is 5.92 Å². The van der Waals surface area contributed by atoms with Crippen molar-refractivity contribution in [2.24, 2.45) is 5.92 Å². The molecule has 3 atom stereocenters. The van der Waals surface area contributed by atoms with Gasteiger partial charge in [0, 0.05) is 19.0 Å². The summed E-state index contributed by atoms with van der Waals surface area (Å²) in [4.78, 5) is 14.3. The van der Waals surface area contributed by atoms with Crippen LogP contribution < -0.4 is 0 Å². The molecule has 104 valence electrons. The van der Waals surface area contributed by atoms with Gasteiger partial charge in [-0.25, -0.2) is 0 Å². The van der Waals surface area contributed by atoms with Gasteiger partial charge in [-0.3, -0.25) is 4.79 Å². The summed E-state index contributed by atoms with van der Waals surface area (Å²) < 4.78 is 0. The van der Waals surface area contributed by atoms with Crippen molar-refractivity contribution in [3.8, 4) is 0 Å². The first-order valence-electron chi connectivity index (χ1n) is 7.70. The minimum atomic E-state index is -0.195. The monoisotopic (exact) mass is 253 g/mol. The third kappa shape index (κ3) is 3.25. The van der Waals surface area contributed by atoms with Crippen molar-refractivity contribution in [2.45, 2.75) is 76.9 Å². The zero-order chi connectivity index (χ0) is 13.0. The highest BCUT2D eigenvalue weighted by Crippen LogP contribution is 2.33. The molecule has 2 fully saturated rings. The van der Waals surface area contributed by atoms with Gasteiger partial charge < -0.3 is 10.0 Å². The summed E-state index contributed by atoms with van der Waals surface area (Å²) in [7, 11) is 0. The van der Waals surface area contributed by atoms with Crippen LogP contribution in [0.2, 0.25) is 0 Å². The highest BCUT2D eigenvalue weighted by atomic mass is 16.3. The maximum atomic E-state index is 12.2. The van der Waals surface area contributed by atoms with Crippen molar-refractivity contribution in [1.82, 2.24) is 4.90 Å². The molecule has 1 N–H and O–H groups in total. The Morgan fingerprint density at radius 1 is 1.28 bits per heavy atom. The molecule has 1 saturated carbocycles. The molecule has 1 amide bonds. The van der Waals surface area contributed by atoms with E-state index in [0.29, 0.717) is 24.3 Å². The predicted molar refractivity (Wildman–Crippen MR) is 72.2 cm³/mol. The summed E-state index contributed by atoms with van der Waals surface area (Å²) in [5.41, 5.74) is 0. The van der Waals surface area contributed by atoms with Crippen LogP contribution >= 0.6 is 0 Å². The van der Waals surface area contributed by atoms with E-state index in [4.69, 9.17) is 0 Å². The van der Waals surface area contributed by atoms with Crippen LogP contribution in [0.5, 0.6) is 0 Å². The molecule has 0 spiro atoms. The van der Waals surface area contributed by atoms with Crippen molar-refractivity contribution in [3.63, 3.8) is 0 Å². The molecule has 0 bridgehead atoms. The number of carbonyl (C=O) groups is 1. The van der Waals surface area contributed by atoms with Gasteiger partial charge in [-0.2, -0.15) is 0 Å². The summed E-state index contributed by atoms with van der Waals surface area (Å²) in [6.45, 7) is 3.13. The molecule has 2 aliphatic rings. The first-order chi connectivity index (χ1) is 8.72. The van der Waals surface area contributed by atoms with Gasteiger partial charge in [0.2, 0.25) is 5.91 Å². The van der Waals surface area contributed by atoms with Gasteiger partial charge in [-0.15, -0.1) is 0 Å². The fourth-order valence-electron chi connectivity index (χ4n) is 3.63. The number of likely N-dealkylation sites (tertiary alicyclic amines) is 1. The zero-order valence-electron chi connectivity index (χ0n) is 11.6. The van der Waals surface area contributed by atoms with Crippen LogP contribution in [0.15, 0.2) is 0 Å². The molecule has 2 rings (SSSR count). The van der Waals surface area contributed by atoms with Crippen LogP contribution in [0.25, 0.3) is 0 Å². The Kier molecular flexibility index (Phi) is 5.04. The van der Waals surface area contributed by atoms with Crippen LogP contribution in [0.3, 0.4) is 0 Å². The van der Waals surface area contributed by atoms with E-state index in [2.05, 4.69) is 11.8 Å². The molecule has 0 radical (unpaired) electrons. The molecule has 0 aromatic rings. The van der Waals surface area contributed by atoms with Gasteiger partial charge in [-0.1, -0.05) is 19.8 Å². The first-order valence-corrected chi connectivity index (χ1v) is 7.70. The number of hydrogen-bond acceptors (Lipinski definition) is 2. The second-order valence-corrected chi connectivity index (χ2v) is 5.98. The number of hydrogen-bond donors (Lipinski definition) is 1. The van der Waals surface area contributed by atoms with Gasteiger partial charge in [0.15, 0.2) is 0 Å². The second kappa shape index (κ2) is 6.55. The Labute approximate surface area is 111 Å². The maximum Gasteiger partial charge on any atom is 0.222 e. The van der Waals surface area contributed by atoms with Gasteiger partial charge in [-0.05, 0) is 44.4 Å². The minimum absolute atomic E-state index is 0.195. The van der Waals surface area contributed by atoms with Crippen LogP contribution in [-0.2, 0) is 4.79 Å². The van der Waals surface area contributed by atoms with E-state index >= 15 is 0 Å². The molecular weight excluding hydrogens is 226 g/mol. The van der Waals surface area contributed by atoms with Crippen molar-refractivity contribution in [1.29, 1.82) is 0 Å². The molecule has 0 aromatic carbocycles. The molecule has 1 saturated heterocycles. The Balaban J connectivity index is 2.07. The molecule has 1 heterocycles. The lowest BCUT2D eigenvalue weighted by molar-refractivity contribution is -0.136. The minimum Gasteiger partial charge on any atom is -0.393 e. The summed E-state index contributed by atoms with van der Waals surface area (Å²) in [5.74, 6) is 0.938. The average Bonchev–Trinajstić information content (AvgIpc) is 2.56. The van der Waals surface area contributed by atoms with Crippen LogP contribution in [0.4, 0.5) is 0 Å². The number of carbonyl (C=O) groups excluding carboxylic acids is 1. The summed E-state index contributed by atoms with van der Waals surface area (Å²) in [6, 6.07) is 0.305. The maximum absolute atomic E-state index is 12.2. The first kappa shape index (κ1) is 13.9. The highest BCUT2D eigenvalue weighted by molar-refractivity contribution is 5.76. The molecule has 3 nitrogen and oxygen atoms in total. The molecule has 1 aliphatic carbocycles. The number of rotatable bonds is 3. The molecule has 3 heteroatoms. The standard InChI is InChI=1S/C15H27NO2/c1-2-6-12-8-9-13(17)11-14(12)16-10-5-3-4-7-15(16)18/h12-14,17H,2-11H2,1H3. The SMILES string of the molecule is CCCC1CCC(O)CC1N1CCCCCC1=O. The summed E-state index contributed by atoms with van der Waals surface area (Å²) in [6.07, 6.45) is 9.06. The van der Waals surface area contributed by atoms with Gasteiger partial charge >= 0.3 is 0 Å². The molecular formula is C15H27NO2. The fraction of sp³-hybridized carbons (Fsp3) is 0.933. The summed E-state index contributed by atoms with van der Waals surface area (Å²) in [5, 5.41) is 9.91. The van der Waals surface area contributed by atoms with E-state index in [1.165, 1.54) is 19.3 Å². The quantitative estimate of drug-likeness (QED) is 0.840. The predicted octanol–water partition coefficient (Wildman–Crippen LogP) is 2.72. The van der Waals surface area contributed by atoms with E-state index in [1.807, 2.05) is 0 Å². The Bertz CT molecular complexity index is 280. The van der Waals surface area contributed by atoms with Crippen molar-refractivity contribution < 1.29 is 9.90 Å². The smallest absolute Gasteiger partial charge is 0.222 e. The third-order valence-electron chi connectivity index (χ3n) is 4.60. The average molecular weight is 253 g/mol. The number of aliphatic hydroxyl groups is 1. The normalized spacial score (nSPS) is 34.4. The molecule has 1 aliphatic heterocycles. The second-order valence-electron chi connectivity index (χ2n) is 5.98. The highest BCUT2D eigenvalue weighted by Gasteiger charge is 2.35. The van der Waals surface area contributed by atoms with Gasteiger partial charge in [0.25, 0.3) is 0 Å². The lowest BCUT2D eigenvalue weighted by Gasteiger charge is -2.41. The van der Waals surface area contributed by atoms with Crippen molar-refractivity contribution >= 4 is 5.91 Å². The van der Waals surface area contributed by atoms with Crippen molar-refractivity contribution in [3.05, 3.63) is 0 Å². The number of amides is 1. The zero-order valence-corrected chi connectivity index (χ0v) is 11.6. The van der Waals surface area contributed by atoms with Gasteiger partial charge in [0.1, 0.15) is 0 Å². The Hall–Kier alpha value is -0.570. The fourth-order valence-corrected chi connectivity index (χ4v) is 3.63. The van der Waals surface area contributed by atoms with E-state index in [-0.39, 0.29) is 6.10 Å². The summed E-state index contributed by atoms with van der Waals surface area (Å²) >= 11 is 0. The number of aliphatic hydroxyl groups excluding tert-OH is 1. The third-order valence-corrected chi connectivity index (χ3v) is 4.60. The van der Waals surface area contributed by atoms with E-state index in [0.717, 1.165) is 38.6 Å². The van der Waals surface area contributed by atoms with E-state index in [9.17, 15) is 9.90 Å². The van der Waals surface area contributed by atoms with Crippen LogP contribution in [-0.4, -0.2) is 34.6 Å². The Morgan fingerprint density at radius 3 is 2.89 bits per heavy atom. The molecule has 0 aromatic heterocycles. The van der Waals surface area contributed by atoms with Crippen LogP contribution in [0.1, 0.15) is 64.7 Å². The molecule has 18 heavy (non-hydrogen) atoms. The lowest BCUT2D eigenvalue weighted by Crippen LogP contribution is -2.48. The number of nitrogens with zero attached hydrogens (tertiary/aromatic N) is 1.